The summed E-state index contributed by atoms with van der Waals surface area (Å²) in [6.07, 6.45) is 2.02. The van der Waals surface area contributed by atoms with Crippen LogP contribution >= 0.6 is 0 Å². The van der Waals surface area contributed by atoms with Crippen LogP contribution in [-0.4, -0.2) is 21.8 Å². The number of carbonyl (C=O) groups excluding carboxylic acids is 1. The summed E-state index contributed by atoms with van der Waals surface area (Å²) >= 11 is 0. The van der Waals surface area contributed by atoms with Crippen LogP contribution < -0.4 is 5.32 Å². The minimum Gasteiger partial charge on any atom is -0.508 e. The van der Waals surface area contributed by atoms with E-state index in [-0.39, 0.29) is 5.75 Å². The van der Waals surface area contributed by atoms with Crippen molar-refractivity contribution in [3.63, 3.8) is 0 Å². The van der Waals surface area contributed by atoms with Crippen molar-refractivity contribution in [3.05, 3.63) is 89.6 Å². The number of hydrogen-bond acceptors (Lipinski definition) is 4. The van der Waals surface area contributed by atoms with E-state index in [1.807, 2.05) is 57.2 Å². The average Bonchev–Trinajstić information content (AvgIpc) is 2.73. The van der Waals surface area contributed by atoms with Crippen molar-refractivity contribution >= 4 is 23.1 Å². The number of aromatic nitrogens is 1. The molecule has 0 spiro atoms. The Bertz CT molecular complexity index is 1050. The van der Waals surface area contributed by atoms with Crippen molar-refractivity contribution in [1.82, 2.24) is 4.98 Å². The summed E-state index contributed by atoms with van der Waals surface area (Å²) < 4.78 is 5.29. The zero-order valence-corrected chi connectivity index (χ0v) is 18.3. The zero-order chi connectivity index (χ0) is 22.4. The molecule has 0 saturated carbocycles. The molecule has 2 N–H and O–H groups in total. The Morgan fingerprint density at radius 3 is 2.13 bits per heavy atom. The molecular formula is C26H28N2O3. The van der Waals surface area contributed by atoms with Crippen molar-refractivity contribution in [3.8, 4) is 5.75 Å². The SMILES string of the molecule is CC/C(=C(/c1ccc(O)cc1)c1ccc(NC(=O)OC(C)(C)C)nc1)c1ccccc1. The Kier molecular flexibility index (Phi) is 6.75. The fourth-order valence-electron chi connectivity index (χ4n) is 3.33. The summed E-state index contributed by atoms with van der Waals surface area (Å²) in [5, 5.41) is 12.4. The van der Waals surface area contributed by atoms with Gasteiger partial charge in [0.1, 0.15) is 17.2 Å². The number of phenols is 1. The van der Waals surface area contributed by atoms with Crippen molar-refractivity contribution in [2.75, 3.05) is 5.32 Å². The number of rotatable bonds is 5. The summed E-state index contributed by atoms with van der Waals surface area (Å²) in [5.74, 6) is 0.636. The van der Waals surface area contributed by atoms with E-state index in [4.69, 9.17) is 4.74 Å². The van der Waals surface area contributed by atoms with Crippen molar-refractivity contribution in [1.29, 1.82) is 0 Å². The van der Waals surface area contributed by atoms with Gasteiger partial charge < -0.3 is 9.84 Å². The number of anilines is 1. The molecule has 1 heterocycles. The minimum atomic E-state index is -0.579. The summed E-state index contributed by atoms with van der Waals surface area (Å²) in [5.41, 5.74) is 4.65. The molecule has 0 fully saturated rings. The number of nitrogens with one attached hydrogen (secondary N) is 1. The number of allylic oxidation sites excluding steroid dienone is 1. The number of carbonyl (C=O) groups is 1. The zero-order valence-electron chi connectivity index (χ0n) is 18.3. The molecule has 0 saturated heterocycles. The molecule has 0 radical (unpaired) electrons. The lowest BCUT2D eigenvalue weighted by atomic mass is 9.89. The van der Waals surface area contributed by atoms with Crippen LogP contribution in [0, 0.1) is 0 Å². The second-order valence-corrected chi connectivity index (χ2v) is 8.18. The largest absolute Gasteiger partial charge is 0.508 e. The van der Waals surface area contributed by atoms with E-state index in [1.165, 1.54) is 5.57 Å². The van der Waals surface area contributed by atoms with E-state index in [9.17, 15) is 9.90 Å². The molecule has 0 aliphatic heterocycles. The first-order valence-corrected chi connectivity index (χ1v) is 10.3. The van der Waals surface area contributed by atoms with E-state index < -0.39 is 11.7 Å². The van der Waals surface area contributed by atoms with Gasteiger partial charge in [-0.15, -0.1) is 0 Å². The lowest BCUT2D eigenvalue weighted by Crippen LogP contribution is -2.27. The molecule has 160 valence electrons. The van der Waals surface area contributed by atoms with Gasteiger partial charge in [0.2, 0.25) is 0 Å². The van der Waals surface area contributed by atoms with Gasteiger partial charge in [-0.25, -0.2) is 9.78 Å². The van der Waals surface area contributed by atoms with Crippen molar-refractivity contribution in [2.45, 2.75) is 39.7 Å². The van der Waals surface area contributed by atoms with E-state index in [0.717, 1.165) is 28.7 Å². The van der Waals surface area contributed by atoms with Gasteiger partial charge in [-0.1, -0.05) is 49.4 Å². The minimum absolute atomic E-state index is 0.218. The van der Waals surface area contributed by atoms with Crippen LogP contribution in [0.4, 0.5) is 10.6 Å². The molecule has 0 aliphatic carbocycles. The van der Waals surface area contributed by atoms with Crippen molar-refractivity contribution < 1.29 is 14.6 Å². The number of aromatic hydroxyl groups is 1. The summed E-state index contributed by atoms with van der Waals surface area (Å²) in [4.78, 5) is 16.5. The first-order valence-electron chi connectivity index (χ1n) is 10.3. The maximum Gasteiger partial charge on any atom is 0.413 e. The second kappa shape index (κ2) is 9.47. The molecule has 31 heavy (non-hydrogen) atoms. The Labute approximate surface area is 183 Å². The molecule has 3 aromatic rings. The van der Waals surface area contributed by atoms with E-state index in [0.29, 0.717) is 5.82 Å². The van der Waals surface area contributed by atoms with Crippen LogP contribution in [0.3, 0.4) is 0 Å². The summed E-state index contributed by atoms with van der Waals surface area (Å²) in [7, 11) is 0. The van der Waals surface area contributed by atoms with Crippen LogP contribution in [0.5, 0.6) is 5.75 Å². The van der Waals surface area contributed by atoms with Crippen molar-refractivity contribution in [2.24, 2.45) is 0 Å². The van der Waals surface area contributed by atoms with Crippen LogP contribution in [0.25, 0.3) is 11.1 Å². The third-order valence-corrected chi connectivity index (χ3v) is 4.61. The highest BCUT2D eigenvalue weighted by Crippen LogP contribution is 2.34. The fraction of sp³-hybridized carbons (Fsp3) is 0.231. The van der Waals surface area contributed by atoms with Crippen LogP contribution in [-0.2, 0) is 4.74 Å². The van der Waals surface area contributed by atoms with E-state index in [1.54, 1.807) is 24.4 Å². The van der Waals surface area contributed by atoms with Gasteiger partial charge in [0.25, 0.3) is 0 Å². The fourth-order valence-corrected chi connectivity index (χ4v) is 3.33. The highest BCUT2D eigenvalue weighted by Gasteiger charge is 2.17. The van der Waals surface area contributed by atoms with Gasteiger partial charge in [-0.2, -0.15) is 0 Å². The first kappa shape index (κ1) is 22.1. The highest BCUT2D eigenvalue weighted by molar-refractivity contribution is 5.98. The summed E-state index contributed by atoms with van der Waals surface area (Å²) in [6, 6.07) is 21.1. The Morgan fingerprint density at radius 1 is 0.935 bits per heavy atom. The molecule has 0 bridgehead atoms. The van der Waals surface area contributed by atoms with Gasteiger partial charge in [-0.05, 0) is 73.7 Å². The first-order chi connectivity index (χ1) is 14.8. The van der Waals surface area contributed by atoms with Crippen LogP contribution in [0.15, 0.2) is 72.9 Å². The van der Waals surface area contributed by atoms with Gasteiger partial charge in [0.05, 0.1) is 0 Å². The quantitative estimate of drug-likeness (QED) is 0.466. The average molecular weight is 417 g/mol. The third-order valence-electron chi connectivity index (χ3n) is 4.61. The number of hydrogen-bond donors (Lipinski definition) is 2. The lowest BCUT2D eigenvalue weighted by molar-refractivity contribution is 0.0635. The number of benzene rings is 2. The smallest absolute Gasteiger partial charge is 0.413 e. The van der Waals surface area contributed by atoms with Gasteiger partial charge >= 0.3 is 6.09 Å². The number of ether oxygens (including phenoxy) is 1. The normalized spacial score (nSPS) is 12.1. The molecule has 0 unspecified atom stereocenters. The number of amides is 1. The van der Waals surface area contributed by atoms with Crippen LogP contribution in [0.1, 0.15) is 50.8 Å². The predicted octanol–water partition coefficient (Wildman–Crippen LogP) is 6.50. The van der Waals surface area contributed by atoms with E-state index in [2.05, 4.69) is 29.4 Å². The predicted molar refractivity (Wildman–Crippen MR) is 125 cm³/mol. The molecule has 1 amide bonds. The molecule has 2 aromatic carbocycles. The Morgan fingerprint density at radius 2 is 1.58 bits per heavy atom. The van der Waals surface area contributed by atoms with E-state index >= 15 is 0 Å². The second-order valence-electron chi connectivity index (χ2n) is 8.18. The monoisotopic (exact) mass is 416 g/mol. The van der Waals surface area contributed by atoms with Gasteiger partial charge in [-0.3, -0.25) is 5.32 Å². The Balaban J connectivity index is 2.01. The molecule has 0 aliphatic rings. The molecule has 5 nitrogen and oxygen atoms in total. The van der Waals surface area contributed by atoms with Gasteiger partial charge in [0.15, 0.2) is 0 Å². The summed E-state index contributed by atoms with van der Waals surface area (Å²) in [6.45, 7) is 7.56. The van der Waals surface area contributed by atoms with Gasteiger partial charge in [0, 0.05) is 11.8 Å². The lowest BCUT2D eigenvalue weighted by Gasteiger charge is -2.19. The standard InChI is InChI=1S/C26H28N2O3/c1-5-22(18-9-7-6-8-10-18)24(19-11-14-21(29)15-12-19)20-13-16-23(27-17-20)28-25(30)31-26(2,3)4/h6-17,29H,5H2,1-4H3,(H,27,28,30)/b24-22+. The number of nitrogens with zero attached hydrogens (tertiary/aromatic N) is 1. The number of pyridine rings is 1. The Hall–Kier alpha value is -3.60. The third kappa shape index (κ3) is 5.95. The highest BCUT2D eigenvalue weighted by atomic mass is 16.6. The maximum atomic E-state index is 12.0. The molecule has 3 rings (SSSR count). The topological polar surface area (TPSA) is 71.5 Å². The molecule has 5 heteroatoms. The van der Waals surface area contributed by atoms with Crippen LogP contribution in [0.2, 0.25) is 0 Å². The molecular weight excluding hydrogens is 388 g/mol. The maximum absolute atomic E-state index is 12.0. The molecule has 1 aromatic heterocycles. The molecule has 0 atom stereocenters. The number of phenolic OH excluding ortho intramolecular Hbond substituents is 1.